The molecule has 1 aliphatic heterocycles. The number of sulfonamides is 1. The zero-order valence-electron chi connectivity index (χ0n) is 17.1. The van der Waals surface area contributed by atoms with E-state index in [1.54, 1.807) is 41.3 Å². The zero-order chi connectivity index (χ0) is 22.1. The third kappa shape index (κ3) is 3.74. The lowest BCUT2D eigenvalue weighted by Gasteiger charge is -2.34. The molecule has 2 heterocycles. The predicted molar refractivity (Wildman–Crippen MR) is 118 cm³/mol. The van der Waals surface area contributed by atoms with Crippen LogP contribution >= 0.6 is 0 Å². The number of fused-ring (bicyclic) bond motifs is 1. The molecule has 32 heavy (non-hydrogen) atoms. The number of piperazine rings is 1. The van der Waals surface area contributed by atoms with Crippen LogP contribution in [0.25, 0.3) is 16.5 Å². The van der Waals surface area contributed by atoms with Crippen LogP contribution in [0.4, 0.5) is 0 Å². The molecule has 0 aliphatic carbocycles. The summed E-state index contributed by atoms with van der Waals surface area (Å²) < 4.78 is 29.2. The van der Waals surface area contributed by atoms with Gasteiger partial charge < -0.3 is 4.90 Å². The minimum Gasteiger partial charge on any atom is -0.336 e. The van der Waals surface area contributed by atoms with Gasteiger partial charge in [-0.25, -0.2) is 13.1 Å². The molecule has 0 bridgehead atoms. The summed E-state index contributed by atoms with van der Waals surface area (Å²) in [7, 11) is -3.63. The highest BCUT2D eigenvalue weighted by Gasteiger charge is 2.30. The summed E-state index contributed by atoms with van der Waals surface area (Å²) in [5.74, 6) is -0.150. The molecule has 1 aliphatic rings. The lowest BCUT2D eigenvalue weighted by molar-refractivity contribution is 0.0698. The average molecular weight is 449 g/mol. The number of amides is 1. The number of carbonyl (C=O) groups is 1. The summed E-state index contributed by atoms with van der Waals surface area (Å²) in [5.41, 5.74) is 1.18. The molecule has 1 aromatic heterocycles. The van der Waals surface area contributed by atoms with Crippen LogP contribution < -0.4 is 0 Å². The van der Waals surface area contributed by atoms with Crippen molar-refractivity contribution in [3.05, 3.63) is 78.6 Å². The second kappa shape index (κ2) is 8.13. The van der Waals surface area contributed by atoms with Gasteiger partial charge in [0.25, 0.3) is 5.91 Å². The molecule has 1 saturated heterocycles. The highest BCUT2D eigenvalue weighted by Crippen LogP contribution is 2.23. The summed E-state index contributed by atoms with van der Waals surface area (Å²) in [6.45, 7) is 1.13. The van der Waals surface area contributed by atoms with Crippen LogP contribution in [0.5, 0.6) is 0 Å². The maximum atomic E-state index is 13.2. The molecule has 0 saturated carbocycles. The molecule has 5 rings (SSSR count). The van der Waals surface area contributed by atoms with Crippen molar-refractivity contribution in [3.63, 3.8) is 0 Å². The summed E-state index contributed by atoms with van der Waals surface area (Å²) in [6, 6.07) is 19.8. The Hall–Kier alpha value is -3.63. The molecule has 0 radical (unpaired) electrons. The number of nitrogens with zero attached hydrogens (tertiary/aromatic N) is 6. The van der Waals surface area contributed by atoms with Gasteiger partial charge in [0.05, 0.1) is 10.6 Å². The van der Waals surface area contributed by atoms with Crippen LogP contribution in [0.3, 0.4) is 0 Å². The first-order valence-corrected chi connectivity index (χ1v) is 11.6. The van der Waals surface area contributed by atoms with Gasteiger partial charge in [-0.15, -0.1) is 5.10 Å². The molecule has 3 aromatic carbocycles. The Kier molecular flexibility index (Phi) is 5.16. The van der Waals surface area contributed by atoms with Crippen LogP contribution in [-0.2, 0) is 10.0 Å². The van der Waals surface area contributed by atoms with Gasteiger partial charge in [-0.05, 0) is 51.5 Å². The molecule has 0 spiro atoms. The van der Waals surface area contributed by atoms with E-state index < -0.39 is 10.0 Å². The number of rotatable bonds is 4. The standard InChI is InChI=1S/C22H20N6O3S/c29-22(19-6-3-7-20(14-19)28-16-23-24-25-28)26-10-12-27(13-11-26)32(30,31)21-9-8-17-4-1-2-5-18(17)15-21/h1-9,14-16H,10-13H2. The second-order valence-electron chi connectivity index (χ2n) is 7.51. The summed E-state index contributed by atoms with van der Waals surface area (Å²) in [6.07, 6.45) is 1.46. The first kappa shape index (κ1) is 20.3. The van der Waals surface area contributed by atoms with Crippen molar-refractivity contribution < 1.29 is 13.2 Å². The van der Waals surface area contributed by atoms with E-state index in [0.29, 0.717) is 24.3 Å². The second-order valence-corrected chi connectivity index (χ2v) is 9.45. The van der Waals surface area contributed by atoms with Gasteiger partial charge in [0.2, 0.25) is 10.0 Å². The topological polar surface area (TPSA) is 101 Å². The molecule has 4 aromatic rings. The van der Waals surface area contributed by atoms with Crippen molar-refractivity contribution in [2.75, 3.05) is 26.2 Å². The van der Waals surface area contributed by atoms with E-state index in [0.717, 1.165) is 10.8 Å². The van der Waals surface area contributed by atoms with Gasteiger partial charge in [0, 0.05) is 31.7 Å². The molecule has 1 fully saturated rings. The number of hydrogen-bond acceptors (Lipinski definition) is 6. The SMILES string of the molecule is O=C(c1cccc(-n2cnnn2)c1)N1CCN(S(=O)(=O)c2ccc3ccccc3c2)CC1. The van der Waals surface area contributed by atoms with Crippen LogP contribution in [0.2, 0.25) is 0 Å². The van der Waals surface area contributed by atoms with Gasteiger partial charge in [-0.3, -0.25) is 4.79 Å². The van der Waals surface area contributed by atoms with Crippen molar-refractivity contribution >= 4 is 26.7 Å². The lowest BCUT2D eigenvalue weighted by Crippen LogP contribution is -2.50. The van der Waals surface area contributed by atoms with Crippen molar-refractivity contribution in [3.8, 4) is 5.69 Å². The van der Waals surface area contributed by atoms with E-state index >= 15 is 0 Å². The van der Waals surface area contributed by atoms with E-state index in [9.17, 15) is 13.2 Å². The molecule has 0 N–H and O–H groups in total. The Morgan fingerprint density at radius 3 is 2.38 bits per heavy atom. The van der Waals surface area contributed by atoms with E-state index in [2.05, 4.69) is 15.5 Å². The van der Waals surface area contributed by atoms with Crippen molar-refractivity contribution in [1.29, 1.82) is 0 Å². The highest BCUT2D eigenvalue weighted by atomic mass is 32.2. The van der Waals surface area contributed by atoms with Crippen LogP contribution in [-0.4, -0.2) is 69.9 Å². The Balaban J connectivity index is 1.30. The Morgan fingerprint density at radius 2 is 1.62 bits per heavy atom. The Labute approximate surface area is 184 Å². The number of hydrogen-bond donors (Lipinski definition) is 0. The van der Waals surface area contributed by atoms with Gasteiger partial charge >= 0.3 is 0 Å². The normalized spacial score (nSPS) is 15.2. The fraction of sp³-hybridized carbons (Fsp3) is 0.182. The largest absolute Gasteiger partial charge is 0.336 e. The zero-order valence-corrected chi connectivity index (χ0v) is 17.9. The summed E-state index contributed by atoms with van der Waals surface area (Å²) >= 11 is 0. The molecular weight excluding hydrogens is 428 g/mol. The van der Waals surface area contributed by atoms with Gasteiger partial charge in [0.1, 0.15) is 6.33 Å². The number of benzene rings is 3. The van der Waals surface area contributed by atoms with E-state index in [4.69, 9.17) is 0 Å². The van der Waals surface area contributed by atoms with Crippen LogP contribution in [0.15, 0.2) is 78.0 Å². The fourth-order valence-corrected chi connectivity index (χ4v) is 5.31. The first-order chi connectivity index (χ1) is 15.5. The average Bonchev–Trinajstić information content (AvgIpc) is 3.39. The molecule has 9 nitrogen and oxygen atoms in total. The molecule has 10 heteroatoms. The third-order valence-corrected chi connectivity index (χ3v) is 7.49. The third-order valence-electron chi connectivity index (χ3n) is 5.59. The lowest BCUT2D eigenvalue weighted by atomic mass is 10.1. The molecule has 1 amide bonds. The van der Waals surface area contributed by atoms with Crippen molar-refractivity contribution in [2.24, 2.45) is 0 Å². The van der Waals surface area contributed by atoms with Gasteiger partial charge in [-0.2, -0.15) is 4.31 Å². The molecule has 0 atom stereocenters. The number of aromatic nitrogens is 4. The number of carbonyl (C=O) groups excluding carboxylic acids is 1. The van der Waals surface area contributed by atoms with Gasteiger partial charge in [0.15, 0.2) is 0 Å². The van der Waals surface area contributed by atoms with Crippen LogP contribution in [0.1, 0.15) is 10.4 Å². The van der Waals surface area contributed by atoms with E-state index in [1.165, 1.54) is 15.3 Å². The van der Waals surface area contributed by atoms with E-state index in [-0.39, 0.29) is 23.9 Å². The van der Waals surface area contributed by atoms with Gasteiger partial charge in [-0.1, -0.05) is 36.4 Å². The maximum Gasteiger partial charge on any atom is 0.254 e. The predicted octanol–water partition coefficient (Wildman–Crippen LogP) is 1.96. The Morgan fingerprint density at radius 1 is 0.844 bits per heavy atom. The van der Waals surface area contributed by atoms with E-state index in [1.807, 2.05) is 30.3 Å². The molecule has 0 unspecified atom stereocenters. The monoisotopic (exact) mass is 448 g/mol. The minimum atomic E-state index is -3.63. The highest BCUT2D eigenvalue weighted by molar-refractivity contribution is 7.89. The summed E-state index contributed by atoms with van der Waals surface area (Å²) in [4.78, 5) is 14.9. The minimum absolute atomic E-state index is 0.150. The van der Waals surface area contributed by atoms with Crippen LogP contribution in [0, 0.1) is 0 Å². The smallest absolute Gasteiger partial charge is 0.254 e. The quantitative estimate of drug-likeness (QED) is 0.473. The van der Waals surface area contributed by atoms with Crippen molar-refractivity contribution in [2.45, 2.75) is 4.90 Å². The fourth-order valence-electron chi connectivity index (χ4n) is 3.85. The molecule has 162 valence electrons. The number of tetrazole rings is 1. The Bertz CT molecular complexity index is 1380. The molecular formula is C22H20N6O3S. The first-order valence-electron chi connectivity index (χ1n) is 10.1. The summed E-state index contributed by atoms with van der Waals surface area (Å²) in [5, 5.41) is 12.9. The maximum absolute atomic E-state index is 13.2. The van der Waals surface area contributed by atoms with Crippen molar-refractivity contribution in [1.82, 2.24) is 29.4 Å².